The van der Waals surface area contributed by atoms with Gasteiger partial charge in [-0.15, -0.1) is 0 Å². The molecule has 0 fully saturated rings. The molecule has 2 atom stereocenters. The van der Waals surface area contributed by atoms with Crippen molar-refractivity contribution >= 4 is 23.5 Å². The largest absolute Gasteiger partial charge is 0.549 e. The fourth-order valence-electron chi connectivity index (χ4n) is 3.92. The molecular formula is C22H22ClFNO3-. The summed E-state index contributed by atoms with van der Waals surface area (Å²) >= 11 is 6.27. The molecule has 0 N–H and O–H groups in total. The monoisotopic (exact) mass is 402 g/mol. The molecule has 4 nitrogen and oxygen atoms in total. The summed E-state index contributed by atoms with van der Waals surface area (Å²) in [5.41, 5.74) is 0.675. The number of nitrogens with zero attached hydrogens (tertiary/aromatic N) is 1. The molecule has 3 rings (SSSR count). The van der Waals surface area contributed by atoms with Gasteiger partial charge in [-0.1, -0.05) is 62.1 Å². The van der Waals surface area contributed by atoms with Crippen LogP contribution in [0.15, 0.2) is 42.5 Å². The Morgan fingerprint density at radius 3 is 2.57 bits per heavy atom. The van der Waals surface area contributed by atoms with Crippen LogP contribution in [0.1, 0.15) is 66.1 Å². The van der Waals surface area contributed by atoms with Crippen molar-refractivity contribution in [3.05, 3.63) is 70.0 Å². The number of carbonyl (C=O) groups is 2. The zero-order valence-electron chi connectivity index (χ0n) is 15.7. The Balaban J connectivity index is 2.14. The Morgan fingerprint density at radius 2 is 1.89 bits per heavy atom. The first-order valence-electron chi connectivity index (χ1n) is 9.52. The molecule has 2 aromatic rings. The van der Waals surface area contributed by atoms with Gasteiger partial charge in [0.25, 0.3) is 5.91 Å². The van der Waals surface area contributed by atoms with Gasteiger partial charge in [0.05, 0.1) is 12.0 Å². The molecule has 0 radical (unpaired) electrons. The summed E-state index contributed by atoms with van der Waals surface area (Å²) in [4.78, 5) is 26.8. The third-order valence-corrected chi connectivity index (χ3v) is 5.57. The third kappa shape index (κ3) is 3.76. The van der Waals surface area contributed by atoms with Gasteiger partial charge < -0.3 is 14.8 Å². The van der Waals surface area contributed by atoms with Crippen molar-refractivity contribution in [3.63, 3.8) is 0 Å². The highest BCUT2D eigenvalue weighted by molar-refractivity contribution is 6.31. The van der Waals surface area contributed by atoms with E-state index in [2.05, 4.69) is 6.92 Å². The fraction of sp³-hybridized carbons (Fsp3) is 0.364. The zero-order chi connectivity index (χ0) is 20.3. The summed E-state index contributed by atoms with van der Waals surface area (Å²) in [6, 6.07) is 9.69. The quantitative estimate of drug-likeness (QED) is 0.655. The minimum atomic E-state index is -1.36. The van der Waals surface area contributed by atoms with Gasteiger partial charge in [0.1, 0.15) is 5.82 Å². The lowest BCUT2D eigenvalue weighted by atomic mass is 9.79. The van der Waals surface area contributed by atoms with E-state index >= 15 is 0 Å². The van der Waals surface area contributed by atoms with Crippen LogP contribution in [0.2, 0.25) is 5.02 Å². The minimum absolute atomic E-state index is 0.0247. The number of aliphatic carboxylic acids is 1. The molecule has 148 valence electrons. The Kier molecular flexibility index (Phi) is 6.35. The zero-order valence-corrected chi connectivity index (χ0v) is 16.4. The molecular weight excluding hydrogens is 381 g/mol. The molecule has 0 saturated heterocycles. The van der Waals surface area contributed by atoms with E-state index in [9.17, 15) is 19.1 Å². The summed E-state index contributed by atoms with van der Waals surface area (Å²) in [5.74, 6) is -3.50. The third-order valence-electron chi connectivity index (χ3n) is 5.24. The number of carbonyl (C=O) groups excluding carboxylic acids is 2. The fourth-order valence-corrected chi connectivity index (χ4v) is 4.19. The van der Waals surface area contributed by atoms with Gasteiger partial charge in [-0.3, -0.25) is 4.79 Å². The maximum Gasteiger partial charge on any atom is 0.254 e. The van der Waals surface area contributed by atoms with Gasteiger partial charge >= 0.3 is 0 Å². The van der Waals surface area contributed by atoms with Crippen LogP contribution in [0, 0.1) is 5.82 Å². The maximum absolute atomic E-state index is 14.8. The lowest BCUT2D eigenvalue weighted by molar-refractivity contribution is -0.309. The van der Waals surface area contributed by atoms with Crippen LogP contribution in [-0.4, -0.2) is 23.3 Å². The SMILES string of the molecule is CCCCCCN1C(=O)c2ccccc2[C@@H](C(=O)[O-])[C@@H]1c1c(F)cccc1Cl. The smallest absolute Gasteiger partial charge is 0.254 e. The van der Waals surface area contributed by atoms with E-state index in [1.54, 1.807) is 24.3 Å². The number of carboxylic acid groups (broad SMARTS) is 1. The highest BCUT2D eigenvalue weighted by Gasteiger charge is 2.42. The van der Waals surface area contributed by atoms with Crippen LogP contribution in [0.4, 0.5) is 4.39 Å². The maximum atomic E-state index is 14.8. The standard InChI is InChI=1S/C22H23ClFNO3/c1-2-3-4-7-13-25-20(19-16(23)11-8-12-17(19)24)18(22(27)28)14-9-5-6-10-15(14)21(25)26/h5-6,8-12,18,20H,2-4,7,13H2,1H3,(H,27,28)/p-1/t18-,20-/m1/s1. The van der Waals surface area contributed by atoms with Crippen LogP contribution in [0.5, 0.6) is 0 Å². The first kappa shape index (κ1) is 20.3. The number of carboxylic acids is 1. The van der Waals surface area contributed by atoms with Gasteiger partial charge in [-0.2, -0.15) is 0 Å². The average Bonchev–Trinajstić information content (AvgIpc) is 2.66. The predicted octanol–water partition coefficient (Wildman–Crippen LogP) is 4.09. The second kappa shape index (κ2) is 8.74. The number of amides is 1. The second-order valence-corrected chi connectivity index (χ2v) is 7.43. The summed E-state index contributed by atoms with van der Waals surface area (Å²) < 4.78 is 14.8. The average molecular weight is 403 g/mol. The Hall–Kier alpha value is -2.40. The molecule has 0 aliphatic carbocycles. The van der Waals surface area contributed by atoms with E-state index in [1.807, 2.05) is 0 Å². The van der Waals surface area contributed by atoms with Crippen molar-refractivity contribution in [2.24, 2.45) is 0 Å². The molecule has 1 aliphatic rings. The Labute approximate surface area is 168 Å². The number of fused-ring (bicyclic) bond motifs is 1. The summed E-state index contributed by atoms with van der Waals surface area (Å²) in [5, 5.41) is 12.2. The number of benzene rings is 2. The summed E-state index contributed by atoms with van der Waals surface area (Å²) in [6.45, 7) is 2.41. The van der Waals surface area contributed by atoms with Crippen LogP contribution >= 0.6 is 11.6 Å². The van der Waals surface area contributed by atoms with Gasteiger partial charge in [-0.25, -0.2) is 4.39 Å². The molecule has 0 bridgehead atoms. The van der Waals surface area contributed by atoms with Crippen LogP contribution < -0.4 is 5.11 Å². The van der Waals surface area contributed by atoms with Crippen molar-refractivity contribution in [2.45, 2.75) is 44.6 Å². The summed E-state index contributed by atoms with van der Waals surface area (Å²) in [7, 11) is 0. The van der Waals surface area contributed by atoms with Gasteiger partial charge in [0.2, 0.25) is 0 Å². The predicted molar refractivity (Wildman–Crippen MR) is 104 cm³/mol. The molecule has 0 saturated carbocycles. The van der Waals surface area contributed by atoms with E-state index in [1.165, 1.54) is 23.1 Å². The lowest BCUT2D eigenvalue weighted by Crippen LogP contribution is -2.48. The number of hydrogen-bond acceptors (Lipinski definition) is 3. The second-order valence-electron chi connectivity index (χ2n) is 7.02. The first-order valence-corrected chi connectivity index (χ1v) is 9.89. The molecule has 1 amide bonds. The highest BCUT2D eigenvalue weighted by atomic mass is 35.5. The molecule has 1 aliphatic heterocycles. The van der Waals surface area contributed by atoms with Crippen molar-refractivity contribution in [1.29, 1.82) is 0 Å². The van der Waals surface area contributed by atoms with Crippen molar-refractivity contribution < 1.29 is 19.1 Å². The molecule has 2 aromatic carbocycles. The first-order chi connectivity index (χ1) is 13.5. The van der Waals surface area contributed by atoms with Crippen molar-refractivity contribution in [2.75, 3.05) is 6.54 Å². The number of halogens is 2. The van der Waals surface area contributed by atoms with E-state index in [0.29, 0.717) is 24.1 Å². The van der Waals surface area contributed by atoms with Crippen molar-refractivity contribution in [3.8, 4) is 0 Å². The molecule has 0 unspecified atom stereocenters. The topological polar surface area (TPSA) is 60.4 Å². The van der Waals surface area contributed by atoms with Crippen LogP contribution in [-0.2, 0) is 4.79 Å². The van der Waals surface area contributed by atoms with Crippen molar-refractivity contribution in [1.82, 2.24) is 4.90 Å². The Bertz CT molecular complexity index is 866. The van der Waals surface area contributed by atoms with Crippen LogP contribution in [0.25, 0.3) is 0 Å². The van der Waals surface area contributed by atoms with E-state index < -0.39 is 23.7 Å². The van der Waals surface area contributed by atoms with Gasteiger partial charge in [0, 0.05) is 28.6 Å². The summed E-state index contributed by atoms with van der Waals surface area (Å²) in [6.07, 6.45) is 3.63. The lowest BCUT2D eigenvalue weighted by Gasteiger charge is -2.43. The van der Waals surface area contributed by atoms with E-state index in [-0.39, 0.29) is 16.5 Å². The minimum Gasteiger partial charge on any atom is -0.549 e. The molecule has 1 heterocycles. The normalized spacial score (nSPS) is 18.8. The number of hydrogen-bond donors (Lipinski definition) is 0. The molecule has 0 spiro atoms. The van der Waals surface area contributed by atoms with E-state index in [0.717, 1.165) is 19.3 Å². The molecule has 6 heteroatoms. The number of rotatable bonds is 7. The molecule has 28 heavy (non-hydrogen) atoms. The highest BCUT2D eigenvalue weighted by Crippen LogP contribution is 2.45. The number of unbranched alkanes of at least 4 members (excludes halogenated alkanes) is 3. The Morgan fingerprint density at radius 1 is 1.14 bits per heavy atom. The van der Waals surface area contributed by atoms with Crippen LogP contribution in [0.3, 0.4) is 0 Å². The van der Waals surface area contributed by atoms with Gasteiger partial charge in [0.15, 0.2) is 0 Å². The van der Waals surface area contributed by atoms with E-state index in [4.69, 9.17) is 11.6 Å². The van der Waals surface area contributed by atoms with Gasteiger partial charge in [-0.05, 0) is 30.2 Å². The molecule has 0 aromatic heterocycles.